The third kappa shape index (κ3) is 3.74. The topological polar surface area (TPSA) is 26.3 Å². The van der Waals surface area contributed by atoms with Crippen molar-refractivity contribution in [3.8, 4) is 0 Å². The Morgan fingerprint density at radius 2 is 2.08 bits per heavy atom. The van der Waals surface area contributed by atoms with E-state index >= 15 is 0 Å². The minimum atomic E-state index is -0.00133. The molecule has 0 amide bonds. The molecule has 2 nitrogen and oxygen atoms in total. The lowest BCUT2D eigenvalue weighted by atomic mass is 10.3. The van der Waals surface area contributed by atoms with Crippen LogP contribution in [0.4, 0.5) is 0 Å². The van der Waals surface area contributed by atoms with Gasteiger partial charge in [-0.1, -0.05) is 22.6 Å². The Bertz CT molecular complexity index is 141. The van der Waals surface area contributed by atoms with Crippen LogP contribution in [0.15, 0.2) is 0 Å². The zero-order chi connectivity index (χ0) is 8.81. The van der Waals surface area contributed by atoms with Gasteiger partial charge in [0.05, 0.1) is 0 Å². The van der Waals surface area contributed by atoms with E-state index in [4.69, 9.17) is 4.74 Å². The number of carbonyl (C=O) groups is 1. The zero-order valence-corrected chi connectivity index (χ0v) is 9.38. The molecule has 0 unspecified atom stereocenters. The van der Waals surface area contributed by atoms with Gasteiger partial charge in [0.15, 0.2) is 0 Å². The normalized spacial score (nSPS) is 18.1. The van der Waals surface area contributed by atoms with Gasteiger partial charge in [-0.2, -0.15) is 0 Å². The molecule has 0 heterocycles. The van der Waals surface area contributed by atoms with E-state index in [2.05, 4.69) is 22.6 Å². The minimum Gasteiger partial charge on any atom is -0.462 e. The van der Waals surface area contributed by atoms with Gasteiger partial charge in [-0.05, 0) is 32.1 Å². The summed E-state index contributed by atoms with van der Waals surface area (Å²) in [5, 5.41) is 0. The van der Waals surface area contributed by atoms with Crippen molar-refractivity contribution in [3.05, 3.63) is 0 Å². The second kappa shape index (κ2) is 5.78. The monoisotopic (exact) mass is 282 g/mol. The molecule has 1 saturated carbocycles. The summed E-state index contributed by atoms with van der Waals surface area (Å²) in [6.45, 7) is 0. The molecule has 70 valence electrons. The predicted octanol–water partition coefficient (Wildman–Crippen LogP) is 2.69. The summed E-state index contributed by atoms with van der Waals surface area (Å²) in [6, 6.07) is 0. The van der Waals surface area contributed by atoms with Gasteiger partial charge in [-0.25, -0.2) is 0 Å². The Balaban J connectivity index is 2.08. The molecular formula is C9H15IO2. The van der Waals surface area contributed by atoms with E-state index in [1.807, 2.05) is 0 Å². The van der Waals surface area contributed by atoms with Crippen molar-refractivity contribution in [2.75, 3.05) is 4.43 Å². The number of halogens is 1. The molecular weight excluding hydrogens is 267 g/mol. The fourth-order valence-corrected chi connectivity index (χ4v) is 1.84. The van der Waals surface area contributed by atoms with Crippen LogP contribution in [0.25, 0.3) is 0 Å². The van der Waals surface area contributed by atoms with Crippen LogP contribution in [0.1, 0.15) is 38.5 Å². The maximum absolute atomic E-state index is 11.1. The van der Waals surface area contributed by atoms with Gasteiger partial charge in [-0.3, -0.25) is 4.79 Å². The third-order valence-electron chi connectivity index (χ3n) is 2.11. The van der Waals surface area contributed by atoms with Crippen molar-refractivity contribution < 1.29 is 9.53 Å². The molecule has 0 aromatic heterocycles. The van der Waals surface area contributed by atoms with Gasteiger partial charge < -0.3 is 4.74 Å². The molecule has 0 spiro atoms. The van der Waals surface area contributed by atoms with Crippen LogP contribution in [0.3, 0.4) is 0 Å². The van der Waals surface area contributed by atoms with Crippen LogP contribution in [-0.2, 0) is 9.53 Å². The van der Waals surface area contributed by atoms with Crippen molar-refractivity contribution in [1.82, 2.24) is 0 Å². The van der Waals surface area contributed by atoms with Crippen molar-refractivity contribution in [1.29, 1.82) is 0 Å². The van der Waals surface area contributed by atoms with Gasteiger partial charge in [0.1, 0.15) is 6.10 Å². The lowest BCUT2D eigenvalue weighted by Gasteiger charge is -2.10. The van der Waals surface area contributed by atoms with E-state index in [0.717, 1.165) is 23.7 Å². The SMILES string of the molecule is O=C(CCCI)OC1CCCC1. The van der Waals surface area contributed by atoms with Gasteiger partial charge in [0.25, 0.3) is 0 Å². The lowest BCUT2D eigenvalue weighted by Crippen LogP contribution is -2.14. The third-order valence-corrected chi connectivity index (χ3v) is 2.88. The summed E-state index contributed by atoms with van der Waals surface area (Å²) in [4.78, 5) is 11.1. The second-order valence-electron chi connectivity index (χ2n) is 3.19. The average Bonchev–Trinajstić information content (AvgIpc) is 2.53. The smallest absolute Gasteiger partial charge is 0.306 e. The van der Waals surface area contributed by atoms with Crippen LogP contribution < -0.4 is 0 Å². The molecule has 0 bridgehead atoms. The second-order valence-corrected chi connectivity index (χ2v) is 4.27. The standard InChI is InChI=1S/C9H15IO2/c10-7-3-6-9(11)12-8-4-1-2-5-8/h8H,1-7H2. The molecule has 0 radical (unpaired) electrons. The van der Waals surface area contributed by atoms with E-state index < -0.39 is 0 Å². The number of ether oxygens (including phenoxy) is 1. The van der Waals surface area contributed by atoms with Crippen LogP contribution in [0.5, 0.6) is 0 Å². The minimum absolute atomic E-state index is 0.00133. The van der Waals surface area contributed by atoms with Crippen molar-refractivity contribution in [2.45, 2.75) is 44.6 Å². The molecule has 12 heavy (non-hydrogen) atoms. The number of hydrogen-bond acceptors (Lipinski definition) is 2. The summed E-state index contributed by atoms with van der Waals surface area (Å²) in [7, 11) is 0. The quantitative estimate of drug-likeness (QED) is 0.450. The van der Waals surface area contributed by atoms with Crippen molar-refractivity contribution >= 4 is 28.6 Å². The van der Waals surface area contributed by atoms with E-state index in [1.54, 1.807) is 0 Å². The first-order valence-electron chi connectivity index (χ1n) is 4.58. The van der Waals surface area contributed by atoms with Gasteiger partial charge in [0, 0.05) is 10.8 Å². The Morgan fingerprint density at radius 1 is 1.42 bits per heavy atom. The van der Waals surface area contributed by atoms with Crippen LogP contribution >= 0.6 is 22.6 Å². The first-order valence-corrected chi connectivity index (χ1v) is 6.11. The first kappa shape index (κ1) is 10.3. The van der Waals surface area contributed by atoms with E-state index in [9.17, 15) is 4.79 Å². The molecule has 1 aliphatic rings. The summed E-state index contributed by atoms with van der Waals surface area (Å²) in [5.41, 5.74) is 0. The predicted molar refractivity (Wildman–Crippen MR) is 56.5 cm³/mol. The number of esters is 1. The van der Waals surface area contributed by atoms with E-state index in [-0.39, 0.29) is 12.1 Å². The summed E-state index contributed by atoms with van der Waals surface area (Å²) < 4.78 is 6.31. The fourth-order valence-electron chi connectivity index (χ4n) is 1.46. The highest BCUT2D eigenvalue weighted by Gasteiger charge is 2.18. The first-order chi connectivity index (χ1) is 5.83. The number of carbonyl (C=O) groups excluding carboxylic acids is 1. The fraction of sp³-hybridized carbons (Fsp3) is 0.889. The van der Waals surface area contributed by atoms with Crippen molar-refractivity contribution in [3.63, 3.8) is 0 Å². The highest BCUT2D eigenvalue weighted by atomic mass is 127. The number of hydrogen-bond donors (Lipinski definition) is 0. The molecule has 0 atom stereocenters. The van der Waals surface area contributed by atoms with Crippen molar-refractivity contribution in [2.24, 2.45) is 0 Å². The molecule has 0 saturated heterocycles. The van der Waals surface area contributed by atoms with E-state index in [1.165, 1.54) is 12.8 Å². The summed E-state index contributed by atoms with van der Waals surface area (Å²) in [6.07, 6.45) is 6.40. The van der Waals surface area contributed by atoms with Gasteiger partial charge >= 0.3 is 5.97 Å². The largest absolute Gasteiger partial charge is 0.462 e. The summed E-state index contributed by atoms with van der Waals surface area (Å²) in [5.74, 6) is -0.00133. The van der Waals surface area contributed by atoms with Crippen LogP contribution in [-0.4, -0.2) is 16.5 Å². The molecule has 0 N–H and O–H groups in total. The Labute approximate surface area is 87.2 Å². The van der Waals surface area contributed by atoms with Gasteiger partial charge in [-0.15, -0.1) is 0 Å². The zero-order valence-electron chi connectivity index (χ0n) is 7.22. The molecule has 1 aliphatic carbocycles. The Hall–Kier alpha value is 0.200. The van der Waals surface area contributed by atoms with Gasteiger partial charge in [0.2, 0.25) is 0 Å². The summed E-state index contributed by atoms with van der Waals surface area (Å²) >= 11 is 2.28. The molecule has 0 aromatic rings. The maximum atomic E-state index is 11.1. The lowest BCUT2D eigenvalue weighted by molar-refractivity contribution is -0.148. The number of rotatable bonds is 4. The van der Waals surface area contributed by atoms with E-state index in [0.29, 0.717) is 6.42 Å². The average molecular weight is 282 g/mol. The maximum Gasteiger partial charge on any atom is 0.306 e. The Morgan fingerprint density at radius 3 is 2.67 bits per heavy atom. The highest BCUT2D eigenvalue weighted by Crippen LogP contribution is 2.21. The Kier molecular flexibility index (Phi) is 4.95. The molecule has 1 rings (SSSR count). The van der Waals surface area contributed by atoms with Crippen LogP contribution in [0.2, 0.25) is 0 Å². The van der Waals surface area contributed by atoms with Crippen LogP contribution in [0, 0.1) is 0 Å². The molecule has 0 aliphatic heterocycles. The molecule has 3 heteroatoms. The highest BCUT2D eigenvalue weighted by molar-refractivity contribution is 14.1. The molecule has 0 aromatic carbocycles. The number of alkyl halides is 1. The molecule has 1 fully saturated rings.